The van der Waals surface area contributed by atoms with Crippen LogP contribution in [0.3, 0.4) is 0 Å². The molecule has 0 unspecified atom stereocenters. The molecule has 0 aliphatic heterocycles. The number of thiophene rings is 2. The van der Waals surface area contributed by atoms with Crippen LogP contribution < -0.4 is 10.1 Å². The minimum atomic E-state index is -0.0854. The van der Waals surface area contributed by atoms with E-state index in [4.69, 9.17) is 4.74 Å². The largest absolute Gasteiger partial charge is 0.475 e. The van der Waals surface area contributed by atoms with Gasteiger partial charge in [-0.1, -0.05) is 12.1 Å². The fraction of sp³-hybridized carbons (Fsp3) is 0.133. The van der Waals surface area contributed by atoms with Crippen molar-refractivity contribution in [3.05, 3.63) is 52.0 Å². The Kier molecular flexibility index (Phi) is 4.77. The predicted molar refractivity (Wildman–Crippen MR) is 87.5 cm³/mol. The Balaban J connectivity index is 1.45. The van der Waals surface area contributed by atoms with Gasteiger partial charge >= 0.3 is 0 Å². The highest BCUT2D eigenvalue weighted by molar-refractivity contribution is 7.13. The maximum absolute atomic E-state index is 11.7. The van der Waals surface area contributed by atoms with E-state index in [1.807, 2.05) is 35.0 Å². The maximum Gasteiger partial charge on any atom is 0.261 e. The van der Waals surface area contributed by atoms with E-state index in [2.05, 4.69) is 15.5 Å². The molecule has 0 radical (unpaired) electrons. The van der Waals surface area contributed by atoms with Crippen molar-refractivity contribution in [1.29, 1.82) is 0 Å². The molecule has 0 spiro atoms. The lowest BCUT2D eigenvalue weighted by Crippen LogP contribution is -2.27. The lowest BCUT2D eigenvalue weighted by Gasteiger charge is -2.06. The van der Waals surface area contributed by atoms with Crippen molar-refractivity contribution in [1.82, 2.24) is 15.5 Å². The Bertz CT molecular complexity index is 710. The van der Waals surface area contributed by atoms with E-state index in [-0.39, 0.29) is 5.91 Å². The molecule has 0 saturated carbocycles. The normalized spacial score (nSPS) is 10.4. The number of carbonyl (C=O) groups excluding carboxylic acids is 1. The third kappa shape index (κ3) is 3.69. The number of rotatable bonds is 6. The number of carbonyl (C=O) groups is 1. The van der Waals surface area contributed by atoms with Gasteiger partial charge in [-0.3, -0.25) is 4.79 Å². The quantitative estimate of drug-likeness (QED) is 0.705. The average Bonchev–Trinajstić information content (AvgIpc) is 3.25. The number of hydrogen-bond donors (Lipinski definition) is 1. The van der Waals surface area contributed by atoms with E-state index in [0.29, 0.717) is 23.9 Å². The van der Waals surface area contributed by atoms with Crippen LogP contribution in [0.2, 0.25) is 0 Å². The Morgan fingerprint density at radius 2 is 1.95 bits per heavy atom. The van der Waals surface area contributed by atoms with Gasteiger partial charge in [-0.05, 0) is 29.0 Å². The summed E-state index contributed by atoms with van der Waals surface area (Å²) in [6.07, 6.45) is 0. The van der Waals surface area contributed by atoms with Gasteiger partial charge in [0.25, 0.3) is 5.91 Å². The monoisotopic (exact) mass is 331 g/mol. The molecule has 0 atom stereocenters. The fourth-order valence-electron chi connectivity index (χ4n) is 1.77. The molecule has 0 fully saturated rings. The third-order valence-electron chi connectivity index (χ3n) is 2.80. The highest BCUT2D eigenvalue weighted by Crippen LogP contribution is 2.22. The van der Waals surface area contributed by atoms with Gasteiger partial charge in [-0.25, -0.2) is 0 Å². The molecule has 0 bridgehead atoms. The van der Waals surface area contributed by atoms with Crippen LogP contribution in [-0.2, 0) is 0 Å². The Labute approximate surface area is 135 Å². The van der Waals surface area contributed by atoms with Crippen molar-refractivity contribution >= 4 is 28.6 Å². The number of nitrogens with zero attached hydrogens (tertiary/aromatic N) is 2. The highest BCUT2D eigenvalue weighted by atomic mass is 32.1. The number of amides is 1. The van der Waals surface area contributed by atoms with Crippen LogP contribution in [0.25, 0.3) is 10.6 Å². The molecule has 7 heteroatoms. The zero-order chi connectivity index (χ0) is 15.2. The molecule has 0 saturated heterocycles. The van der Waals surface area contributed by atoms with E-state index in [0.717, 1.165) is 10.6 Å². The van der Waals surface area contributed by atoms with Crippen LogP contribution in [0.15, 0.2) is 47.2 Å². The second-order valence-corrected chi connectivity index (χ2v) is 6.21. The molecule has 3 aromatic heterocycles. The Hall–Kier alpha value is -2.25. The maximum atomic E-state index is 11.7. The van der Waals surface area contributed by atoms with E-state index in [1.54, 1.807) is 23.5 Å². The van der Waals surface area contributed by atoms with Gasteiger partial charge in [0.2, 0.25) is 5.88 Å². The summed E-state index contributed by atoms with van der Waals surface area (Å²) < 4.78 is 5.46. The van der Waals surface area contributed by atoms with Crippen LogP contribution in [0.5, 0.6) is 5.88 Å². The first kappa shape index (κ1) is 14.7. The molecule has 0 aliphatic rings. The van der Waals surface area contributed by atoms with Crippen LogP contribution in [0.4, 0.5) is 0 Å². The topological polar surface area (TPSA) is 64.1 Å². The summed E-state index contributed by atoms with van der Waals surface area (Å²) in [7, 11) is 0. The van der Waals surface area contributed by atoms with E-state index in [9.17, 15) is 4.79 Å². The molecule has 1 N–H and O–H groups in total. The first-order chi connectivity index (χ1) is 10.8. The third-order valence-corrected chi connectivity index (χ3v) is 4.56. The Morgan fingerprint density at radius 1 is 1.09 bits per heavy atom. The minimum Gasteiger partial charge on any atom is -0.475 e. The van der Waals surface area contributed by atoms with Crippen molar-refractivity contribution in [2.24, 2.45) is 0 Å². The zero-order valence-corrected chi connectivity index (χ0v) is 13.2. The second kappa shape index (κ2) is 7.15. The van der Waals surface area contributed by atoms with Gasteiger partial charge in [0.05, 0.1) is 16.3 Å². The average molecular weight is 331 g/mol. The van der Waals surface area contributed by atoms with Gasteiger partial charge in [-0.2, -0.15) is 0 Å². The highest BCUT2D eigenvalue weighted by Gasteiger charge is 2.06. The smallest absolute Gasteiger partial charge is 0.261 e. The van der Waals surface area contributed by atoms with Crippen molar-refractivity contribution in [3.8, 4) is 16.5 Å². The summed E-state index contributed by atoms with van der Waals surface area (Å²) in [5.41, 5.74) is 0.827. The van der Waals surface area contributed by atoms with E-state index >= 15 is 0 Å². The van der Waals surface area contributed by atoms with Gasteiger partial charge in [0.1, 0.15) is 12.3 Å². The summed E-state index contributed by atoms with van der Waals surface area (Å²) in [6.45, 7) is 0.773. The number of aromatic nitrogens is 2. The van der Waals surface area contributed by atoms with Crippen LogP contribution >= 0.6 is 22.7 Å². The molecule has 3 heterocycles. The first-order valence-electron chi connectivity index (χ1n) is 6.65. The summed E-state index contributed by atoms with van der Waals surface area (Å²) in [5, 5.41) is 14.8. The zero-order valence-electron chi connectivity index (χ0n) is 11.6. The van der Waals surface area contributed by atoms with Crippen LogP contribution in [0, 0.1) is 0 Å². The minimum absolute atomic E-state index is 0.0854. The number of ether oxygens (including phenoxy) is 1. The standard InChI is InChI=1S/C15H13N3O2S2/c19-15(13-4-2-10-22-13)16-7-8-20-14-6-5-11(17-18-14)12-3-1-9-21-12/h1-6,9-10H,7-8H2,(H,16,19). The summed E-state index contributed by atoms with van der Waals surface area (Å²) in [6, 6.07) is 11.3. The first-order valence-corrected chi connectivity index (χ1v) is 8.41. The SMILES string of the molecule is O=C(NCCOc1ccc(-c2cccs2)nn1)c1cccs1. The summed E-state index contributed by atoms with van der Waals surface area (Å²) in [4.78, 5) is 13.5. The molecule has 0 aliphatic carbocycles. The van der Waals surface area contributed by atoms with Crippen LogP contribution in [0.1, 0.15) is 9.67 Å². The number of hydrogen-bond acceptors (Lipinski definition) is 6. The predicted octanol–water partition coefficient (Wildman–Crippen LogP) is 3.08. The molecular weight excluding hydrogens is 318 g/mol. The molecule has 3 aromatic rings. The molecule has 1 amide bonds. The van der Waals surface area contributed by atoms with E-state index in [1.165, 1.54) is 11.3 Å². The molecule has 0 aromatic carbocycles. The van der Waals surface area contributed by atoms with Crippen LogP contribution in [-0.4, -0.2) is 29.3 Å². The van der Waals surface area contributed by atoms with Gasteiger partial charge in [-0.15, -0.1) is 32.9 Å². The Morgan fingerprint density at radius 3 is 2.64 bits per heavy atom. The van der Waals surface area contributed by atoms with Crippen molar-refractivity contribution in [3.63, 3.8) is 0 Å². The second-order valence-electron chi connectivity index (χ2n) is 4.32. The number of nitrogens with one attached hydrogen (secondary N) is 1. The lowest BCUT2D eigenvalue weighted by atomic mass is 10.3. The molecule has 22 heavy (non-hydrogen) atoms. The van der Waals surface area contributed by atoms with Crippen molar-refractivity contribution in [2.75, 3.05) is 13.2 Å². The molecular formula is C15H13N3O2S2. The van der Waals surface area contributed by atoms with Gasteiger partial charge < -0.3 is 10.1 Å². The fourth-order valence-corrected chi connectivity index (χ4v) is 3.10. The van der Waals surface area contributed by atoms with Gasteiger partial charge in [0, 0.05) is 6.07 Å². The summed E-state index contributed by atoms with van der Waals surface area (Å²) in [5.74, 6) is 0.364. The van der Waals surface area contributed by atoms with E-state index < -0.39 is 0 Å². The lowest BCUT2D eigenvalue weighted by molar-refractivity contribution is 0.0950. The van der Waals surface area contributed by atoms with Crippen molar-refractivity contribution in [2.45, 2.75) is 0 Å². The summed E-state index contributed by atoms with van der Waals surface area (Å²) >= 11 is 3.03. The van der Waals surface area contributed by atoms with Gasteiger partial charge in [0.15, 0.2) is 0 Å². The molecule has 5 nitrogen and oxygen atoms in total. The molecule has 3 rings (SSSR count). The molecule has 112 valence electrons. The van der Waals surface area contributed by atoms with Crippen molar-refractivity contribution < 1.29 is 9.53 Å².